The Labute approximate surface area is 208 Å². The number of amides is 1. The van der Waals surface area contributed by atoms with E-state index in [1.54, 1.807) is 34.9 Å². The molecule has 0 fully saturated rings. The van der Waals surface area contributed by atoms with Crippen molar-refractivity contribution in [2.45, 2.75) is 44.3 Å². The van der Waals surface area contributed by atoms with Crippen LogP contribution in [0.4, 0.5) is 0 Å². The van der Waals surface area contributed by atoms with Gasteiger partial charge in [-0.3, -0.25) is 14.2 Å². The van der Waals surface area contributed by atoms with Crippen molar-refractivity contribution in [1.29, 1.82) is 0 Å². The highest BCUT2D eigenvalue weighted by molar-refractivity contribution is 7.98. The molecule has 4 aromatic rings. The second-order valence-corrected chi connectivity index (χ2v) is 9.93. The van der Waals surface area contributed by atoms with Crippen molar-refractivity contribution in [2.24, 2.45) is 0 Å². The molecule has 1 heterocycles. The molecule has 1 aromatic heterocycles. The van der Waals surface area contributed by atoms with E-state index in [-0.39, 0.29) is 17.5 Å². The lowest BCUT2D eigenvalue weighted by Gasteiger charge is -2.14. The van der Waals surface area contributed by atoms with Gasteiger partial charge in [0.2, 0.25) is 0 Å². The summed E-state index contributed by atoms with van der Waals surface area (Å²) < 4.78 is 1.68. The van der Waals surface area contributed by atoms with Crippen LogP contribution >= 0.6 is 23.4 Å². The molecule has 0 saturated heterocycles. The van der Waals surface area contributed by atoms with Crippen LogP contribution in [0.1, 0.15) is 40.9 Å². The van der Waals surface area contributed by atoms with Gasteiger partial charge in [0, 0.05) is 22.4 Å². The van der Waals surface area contributed by atoms with Gasteiger partial charge in [0.05, 0.1) is 17.4 Å². The van der Waals surface area contributed by atoms with Crippen molar-refractivity contribution in [3.63, 3.8) is 0 Å². The van der Waals surface area contributed by atoms with Gasteiger partial charge in [0.25, 0.3) is 11.5 Å². The van der Waals surface area contributed by atoms with Crippen LogP contribution in [-0.2, 0) is 12.3 Å². The van der Waals surface area contributed by atoms with Crippen LogP contribution in [0.5, 0.6) is 0 Å². The van der Waals surface area contributed by atoms with Gasteiger partial charge in [-0.05, 0) is 62.2 Å². The lowest BCUT2D eigenvalue weighted by molar-refractivity contribution is 0.0943. The minimum atomic E-state index is -0.138. The number of aryl methyl sites for hydroxylation is 1. The average Bonchev–Trinajstić information content (AvgIpc) is 2.80. The molecule has 0 aliphatic heterocycles. The zero-order valence-electron chi connectivity index (χ0n) is 19.3. The van der Waals surface area contributed by atoms with Crippen molar-refractivity contribution in [1.82, 2.24) is 14.9 Å². The fourth-order valence-electron chi connectivity index (χ4n) is 3.66. The molecule has 1 N–H and O–H groups in total. The van der Waals surface area contributed by atoms with E-state index in [1.165, 1.54) is 22.9 Å². The summed E-state index contributed by atoms with van der Waals surface area (Å²) in [5, 5.41) is 4.51. The van der Waals surface area contributed by atoms with E-state index in [9.17, 15) is 9.59 Å². The summed E-state index contributed by atoms with van der Waals surface area (Å²) in [7, 11) is 0. The number of nitrogens with zero attached hydrogens (tertiary/aromatic N) is 2. The highest BCUT2D eigenvalue weighted by Crippen LogP contribution is 2.24. The number of rotatable bonds is 7. The summed E-state index contributed by atoms with van der Waals surface area (Å²) in [6.45, 7) is 6.25. The summed E-state index contributed by atoms with van der Waals surface area (Å²) in [5.74, 6) is 0.580. The molecule has 0 spiro atoms. The molecule has 7 heteroatoms. The first kappa shape index (κ1) is 24.0. The van der Waals surface area contributed by atoms with Crippen LogP contribution in [0.15, 0.2) is 76.7 Å². The predicted octanol–water partition coefficient (Wildman–Crippen LogP) is 5.84. The highest BCUT2D eigenvalue weighted by Gasteiger charge is 2.14. The maximum absolute atomic E-state index is 13.5. The zero-order chi connectivity index (χ0) is 24.2. The third kappa shape index (κ3) is 5.69. The Morgan fingerprint density at radius 3 is 2.53 bits per heavy atom. The molecule has 0 atom stereocenters. The van der Waals surface area contributed by atoms with E-state index in [0.29, 0.717) is 38.9 Å². The van der Waals surface area contributed by atoms with E-state index in [0.717, 1.165) is 5.56 Å². The van der Waals surface area contributed by atoms with Gasteiger partial charge in [-0.25, -0.2) is 4.98 Å². The topological polar surface area (TPSA) is 64.0 Å². The van der Waals surface area contributed by atoms with Crippen LogP contribution < -0.4 is 10.9 Å². The Kier molecular flexibility index (Phi) is 7.39. The van der Waals surface area contributed by atoms with E-state index >= 15 is 0 Å². The second kappa shape index (κ2) is 10.5. The highest BCUT2D eigenvalue weighted by atomic mass is 35.5. The first-order valence-corrected chi connectivity index (χ1v) is 12.4. The SMILES string of the molecule is Cc1cccc(CSc2nc3ccc(Cl)cc3c(=O)n2Cc2ccc(C(=O)NC(C)C)cc2)c1. The van der Waals surface area contributed by atoms with Crippen molar-refractivity contribution < 1.29 is 4.79 Å². The zero-order valence-corrected chi connectivity index (χ0v) is 20.9. The summed E-state index contributed by atoms with van der Waals surface area (Å²) in [4.78, 5) is 30.5. The van der Waals surface area contributed by atoms with Crippen LogP contribution in [0.2, 0.25) is 5.02 Å². The largest absolute Gasteiger partial charge is 0.350 e. The minimum Gasteiger partial charge on any atom is -0.350 e. The number of hydrogen-bond donors (Lipinski definition) is 1. The first-order chi connectivity index (χ1) is 16.3. The van der Waals surface area contributed by atoms with Gasteiger partial charge < -0.3 is 5.32 Å². The van der Waals surface area contributed by atoms with Gasteiger partial charge in [-0.2, -0.15) is 0 Å². The number of aromatic nitrogens is 2. The lowest BCUT2D eigenvalue weighted by atomic mass is 10.1. The van der Waals surface area contributed by atoms with Gasteiger partial charge in [-0.1, -0.05) is 65.3 Å². The summed E-state index contributed by atoms with van der Waals surface area (Å²) in [5.41, 5.74) is 4.34. The minimum absolute atomic E-state index is 0.0641. The Morgan fingerprint density at radius 2 is 1.82 bits per heavy atom. The van der Waals surface area contributed by atoms with Crippen LogP contribution in [0.3, 0.4) is 0 Å². The summed E-state index contributed by atoms with van der Waals surface area (Å²) >= 11 is 7.69. The second-order valence-electron chi connectivity index (χ2n) is 8.55. The van der Waals surface area contributed by atoms with Crippen molar-refractivity contribution in [3.8, 4) is 0 Å². The van der Waals surface area contributed by atoms with Crippen molar-refractivity contribution in [3.05, 3.63) is 104 Å². The number of nitrogens with one attached hydrogen (secondary N) is 1. The third-order valence-corrected chi connectivity index (χ3v) is 6.59. The summed E-state index contributed by atoms with van der Waals surface area (Å²) in [6.07, 6.45) is 0. The Hall–Kier alpha value is -3.09. The predicted molar refractivity (Wildman–Crippen MR) is 140 cm³/mol. The quantitative estimate of drug-likeness (QED) is 0.260. The number of benzene rings is 3. The van der Waals surface area contributed by atoms with Crippen molar-refractivity contribution in [2.75, 3.05) is 0 Å². The number of carbonyl (C=O) groups excluding carboxylic acids is 1. The fraction of sp³-hybridized carbons (Fsp3) is 0.222. The van der Waals surface area contributed by atoms with Crippen LogP contribution in [0, 0.1) is 6.92 Å². The molecule has 0 aliphatic carbocycles. The molecule has 0 unspecified atom stereocenters. The first-order valence-electron chi connectivity index (χ1n) is 11.1. The van der Waals surface area contributed by atoms with E-state index in [4.69, 9.17) is 16.6 Å². The van der Waals surface area contributed by atoms with Gasteiger partial charge in [0.15, 0.2) is 5.16 Å². The Bertz CT molecular complexity index is 1400. The standard InChI is InChI=1S/C27H26ClN3O2S/c1-17(2)29-25(32)21-9-7-19(8-10-21)15-31-26(33)23-14-22(28)11-12-24(23)30-27(31)34-16-20-6-4-5-18(3)13-20/h4-14,17H,15-16H2,1-3H3,(H,29,32). The van der Waals surface area contributed by atoms with Crippen LogP contribution in [0.25, 0.3) is 10.9 Å². The number of fused-ring (bicyclic) bond motifs is 1. The average molecular weight is 492 g/mol. The summed E-state index contributed by atoms with van der Waals surface area (Å²) in [6, 6.07) is 20.9. The number of hydrogen-bond acceptors (Lipinski definition) is 4. The molecule has 0 radical (unpaired) electrons. The number of thioether (sulfide) groups is 1. The molecule has 174 valence electrons. The maximum Gasteiger partial charge on any atom is 0.262 e. The molecular formula is C27H26ClN3O2S. The maximum atomic E-state index is 13.5. The Balaban J connectivity index is 1.68. The molecule has 3 aromatic carbocycles. The third-order valence-electron chi connectivity index (χ3n) is 5.31. The lowest BCUT2D eigenvalue weighted by Crippen LogP contribution is -2.30. The molecule has 0 saturated carbocycles. The van der Waals surface area contributed by atoms with E-state index < -0.39 is 0 Å². The molecule has 4 rings (SSSR count). The Morgan fingerprint density at radius 1 is 1.06 bits per heavy atom. The molecule has 34 heavy (non-hydrogen) atoms. The van der Waals surface area contributed by atoms with Gasteiger partial charge >= 0.3 is 0 Å². The van der Waals surface area contributed by atoms with Gasteiger partial charge in [-0.15, -0.1) is 0 Å². The molecule has 0 aliphatic rings. The molecular weight excluding hydrogens is 466 g/mol. The fourth-order valence-corrected chi connectivity index (χ4v) is 4.78. The molecule has 5 nitrogen and oxygen atoms in total. The number of halogens is 1. The van der Waals surface area contributed by atoms with Gasteiger partial charge in [0.1, 0.15) is 0 Å². The molecule has 0 bridgehead atoms. The van der Waals surface area contributed by atoms with E-state index in [2.05, 4.69) is 30.4 Å². The normalized spacial score (nSPS) is 11.2. The smallest absolute Gasteiger partial charge is 0.262 e. The number of carbonyl (C=O) groups is 1. The van der Waals surface area contributed by atoms with E-state index in [1.807, 2.05) is 32.0 Å². The monoisotopic (exact) mass is 491 g/mol. The molecule has 1 amide bonds. The van der Waals surface area contributed by atoms with Crippen LogP contribution in [-0.4, -0.2) is 21.5 Å². The van der Waals surface area contributed by atoms with Crippen molar-refractivity contribution >= 4 is 40.2 Å².